The van der Waals surface area contributed by atoms with Crippen LogP contribution < -0.4 is 14.2 Å². The van der Waals surface area contributed by atoms with E-state index in [2.05, 4.69) is 37.2 Å². The molecule has 4 rings (SSSR count). The maximum absolute atomic E-state index is 6.20. The molecule has 0 radical (unpaired) electrons. The van der Waals surface area contributed by atoms with Crippen molar-refractivity contribution in [3.8, 4) is 17.2 Å². The standard InChI is InChI=1S/C21H24N2O3.ClH/c1-13(2)10-23-15(4)14(3)20-21(23)18(7-8-22-20)24-11-16-5-6-17-19(9-16)26-12-25-17;/h5-9,13H,10-12H2,1-4H3;1H. The molecule has 5 nitrogen and oxygen atoms in total. The summed E-state index contributed by atoms with van der Waals surface area (Å²) in [5, 5.41) is 0. The zero-order valence-corrected chi connectivity index (χ0v) is 16.9. The predicted octanol–water partition coefficient (Wildman–Crippen LogP) is 5.04. The van der Waals surface area contributed by atoms with E-state index in [-0.39, 0.29) is 19.2 Å². The van der Waals surface area contributed by atoms with Crippen molar-refractivity contribution in [2.24, 2.45) is 5.92 Å². The third-order valence-electron chi connectivity index (χ3n) is 4.84. The van der Waals surface area contributed by atoms with Gasteiger partial charge in [-0.25, -0.2) is 0 Å². The van der Waals surface area contributed by atoms with E-state index < -0.39 is 0 Å². The Morgan fingerprint density at radius 2 is 1.93 bits per heavy atom. The molecule has 0 amide bonds. The monoisotopic (exact) mass is 388 g/mol. The maximum Gasteiger partial charge on any atom is 0.231 e. The average Bonchev–Trinajstić information content (AvgIpc) is 3.18. The summed E-state index contributed by atoms with van der Waals surface area (Å²) < 4.78 is 19.3. The van der Waals surface area contributed by atoms with Crippen molar-refractivity contribution in [2.45, 2.75) is 40.8 Å². The number of aromatic nitrogens is 2. The van der Waals surface area contributed by atoms with Crippen LogP contribution in [0.3, 0.4) is 0 Å². The van der Waals surface area contributed by atoms with Gasteiger partial charge in [0.05, 0.1) is 5.52 Å². The van der Waals surface area contributed by atoms with Gasteiger partial charge in [0.15, 0.2) is 11.5 Å². The number of nitrogens with zero attached hydrogens (tertiary/aromatic N) is 2. The maximum atomic E-state index is 6.20. The Morgan fingerprint density at radius 3 is 2.70 bits per heavy atom. The molecular formula is C21H25ClN2O3. The van der Waals surface area contributed by atoms with Crippen molar-refractivity contribution >= 4 is 23.4 Å². The van der Waals surface area contributed by atoms with Gasteiger partial charge in [-0.15, -0.1) is 12.4 Å². The first-order chi connectivity index (χ1) is 12.5. The van der Waals surface area contributed by atoms with Gasteiger partial charge in [0.1, 0.15) is 17.9 Å². The predicted molar refractivity (Wildman–Crippen MR) is 108 cm³/mol. The molecule has 0 N–H and O–H groups in total. The zero-order chi connectivity index (χ0) is 18.3. The first kappa shape index (κ1) is 19.4. The van der Waals surface area contributed by atoms with Gasteiger partial charge in [-0.05, 0) is 43.0 Å². The molecule has 0 bridgehead atoms. The van der Waals surface area contributed by atoms with Gasteiger partial charge in [-0.3, -0.25) is 4.98 Å². The molecule has 0 fully saturated rings. The lowest BCUT2D eigenvalue weighted by molar-refractivity contribution is 0.174. The minimum atomic E-state index is 0. The third-order valence-corrected chi connectivity index (χ3v) is 4.84. The summed E-state index contributed by atoms with van der Waals surface area (Å²) in [6.07, 6.45) is 1.82. The second kappa shape index (κ2) is 7.69. The summed E-state index contributed by atoms with van der Waals surface area (Å²) in [7, 11) is 0. The van der Waals surface area contributed by atoms with Gasteiger partial charge >= 0.3 is 0 Å². The molecule has 6 heteroatoms. The van der Waals surface area contributed by atoms with E-state index in [0.29, 0.717) is 12.5 Å². The molecule has 1 aliphatic rings. The van der Waals surface area contributed by atoms with Crippen molar-refractivity contribution in [3.05, 3.63) is 47.3 Å². The first-order valence-electron chi connectivity index (χ1n) is 9.00. The second-order valence-electron chi connectivity index (χ2n) is 7.20. The first-order valence-corrected chi connectivity index (χ1v) is 9.00. The molecule has 144 valence electrons. The highest BCUT2D eigenvalue weighted by Crippen LogP contribution is 2.34. The largest absolute Gasteiger partial charge is 0.487 e. The van der Waals surface area contributed by atoms with Crippen LogP contribution in [-0.4, -0.2) is 16.3 Å². The molecule has 1 aliphatic heterocycles. The molecule has 1 aromatic carbocycles. The fourth-order valence-corrected chi connectivity index (χ4v) is 3.41. The van der Waals surface area contributed by atoms with E-state index in [4.69, 9.17) is 14.2 Å². The molecule has 2 aromatic heterocycles. The molecule has 0 unspecified atom stereocenters. The summed E-state index contributed by atoms with van der Waals surface area (Å²) in [5.41, 5.74) is 5.62. The molecule has 3 heterocycles. The highest BCUT2D eigenvalue weighted by molar-refractivity contribution is 5.86. The normalized spacial score (nSPS) is 12.5. The van der Waals surface area contributed by atoms with E-state index in [1.165, 1.54) is 11.3 Å². The lowest BCUT2D eigenvalue weighted by atomic mass is 10.2. The minimum Gasteiger partial charge on any atom is -0.487 e. The topological polar surface area (TPSA) is 45.5 Å². The smallest absolute Gasteiger partial charge is 0.231 e. The molecule has 27 heavy (non-hydrogen) atoms. The quantitative estimate of drug-likeness (QED) is 0.614. The highest BCUT2D eigenvalue weighted by atomic mass is 35.5. The molecule has 0 aliphatic carbocycles. The molecule has 0 atom stereocenters. The van der Waals surface area contributed by atoms with Crippen LogP contribution in [0.5, 0.6) is 17.2 Å². The number of hydrogen-bond donors (Lipinski definition) is 0. The van der Waals surface area contributed by atoms with E-state index >= 15 is 0 Å². The van der Waals surface area contributed by atoms with E-state index in [9.17, 15) is 0 Å². The SMILES string of the molecule is Cc1c(C)n(CC(C)C)c2c(OCc3ccc4c(c3)OCO4)ccnc12.Cl. The van der Waals surface area contributed by atoms with E-state index in [1.54, 1.807) is 0 Å². The second-order valence-corrected chi connectivity index (χ2v) is 7.20. The number of aryl methyl sites for hydroxylation is 1. The van der Waals surface area contributed by atoms with Gasteiger partial charge in [0.25, 0.3) is 0 Å². The van der Waals surface area contributed by atoms with Crippen LogP contribution in [0, 0.1) is 19.8 Å². The number of ether oxygens (including phenoxy) is 3. The van der Waals surface area contributed by atoms with Crippen LogP contribution in [0.1, 0.15) is 30.7 Å². The van der Waals surface area contributed by atoms with Gasteiger partial charge in [0.2, 0.25) is 6.79 Å². The van der Waals surface area contributed by atoms with Crippen LogP contribution in [0.4, 0.5) is 0 Å². The van der Waals surface area contributed by atoms with Crippen molar-refractivity contribution in [1.29, 1.82) is 0 Å². The van der Waals surface area contributed by atoms with Crippen LogP contribution in [0.25, 0.3) is 11.0 Å². The van der Waals surface area contributed by atoms with Gasteiger partial charge in [-0.2, -0.15) is 0 Å². The summed E-state index contributed by atoms with van der Waals surface area (Å²) in [6.45, 7) is 10.4. The van der Waals surface area contributed by atoms with Gasteiger partial charge in [-0.1, -0.05) is 19.9 Å². The Kier molecular flexibility index (Phi) is 5.51. The molecule has 0 spiro atoms. The molecule has 0 saturated carbocycles. The van der Waals surface area contributed by atoms with Gasteiger partial charge < -0.3 is 18.8 Å². The Balaban J connectivity index is 0.00000210. The Bertz CT molecular complexity index is 966. The lowest BCUT2D eigenvalue weighted by Gasteiger charge is -2.14. The molecule has 3 aromatic rings. The Hall–Kier alpha value is -2.40. The number of pyridine rings is 1. The van der Waals surface area contributed by atoms with E-state index in [0.717, 1.165) is 40.4 Å². The fourth-order valence-electron chi connectivity index (χ4n) is 3.41. The van der Waals surface area contributed by atoms with Crippen LogP contribution in [-0.2, 0) is 13.2 Å². The fraction of sp³-hybridized carbons (Fsp3) is 0.381. The molecule has 0 saturated heterocycles. The number of hydrogen-bond acceptors (Lipinski definition) is 4. The van der Waals surface area contributed by atoms with Gasteiger partial charge in [0, 0.05) is 24.5 Å². The lowest BCUT2D eigenvalue weighted by Crippen LogP contribution is -2.07. The van der Waals surface area contributed by atoms with Crippen molar-refractivity contribution < 1.29 is 14.2 Å². The van der Waals surface area contributed by atoms with Crippen molar-refractivity contribution in [2.75, 3.05) is 6.79 Å². The number of benzene rings is 1. The van der Waals surface area contributed by atoms with Crippen LogP contribution in [0.15, 0.2) is 30.5 Å². The van der Waals surface area contributed by atoms with Crippen LogP contribution >= 0.6 is 12.4 Å². The summed E-state index contributed by atoms with van der Waals surface area (Å²) in [4.78, 5) is 4.60. The number of halogens is 1. The van der Waals surface area contributed by atoms with E-state index in [1.807, 2.05) is 30.5 Å². The van der Waals surface area contributed by atoms with Crippen molar-refractivity contribution in [1.82, 2.24) is 9.55 Å². The minimum absolute atomic E-state index is 0. The molecular weight excluding hydrogens is 364 g/mol. The summed E-state index contributed by atoms with van der Waals surface area (Å²) >= 11 is 0. The van der Waals surface area contributed by atoms with Crippen molar-refractivity contribution in [3.63, 3.8) is 0 Å². The number of fused-ring (bicyclic) bond motifs is 2. The zero-order valence-electron chi connectivity index (χ0n) is 16.1. The Morgan fingerprint density at radius 1 is 1.15 bits per heavy atom. The summed E-state index contributed by atoms with van der Waals surface area (Å²) in [6, 6.07) is 7.86. The number of rotatable bonds is 5. The highest BCUT2D eigenvalue weighted by Gasteiger charge is 2.18. The average molecular weight is 389 g/mol. The Labute approximate surface area is 165 Å². The summed E-state index contributed by atoms with van der Waals surface area (Å²) in [5.74, 6) is 2.98. The third kappa shape index (κ3) is 3.56. The van der Waals surface area contributed by atoms with Crippen LogP contribution in [0.2, 0.25) is 0 Å².